The Morgan fingerprint density at radius 2 is 1.76 bits per heavy atom. The molecule has 0 aliphatic carbocycles. The SMILES string of the molecule is COc1ccc(F)c(CNC(=O)c2cn(Cc3ccc(Cn4ccccc4=O)cc3)nc2C2CN(S(C)(=O)=O)C2)c1C. The maximum absolute atomic E-state index is 14.6. The highest BCUT2D eigenvalue weighted by Crippen LogP contribution is 2.31. The fourth-order valence-corrected chi connectivity index (χ4v) is 5.91. The largest absolute Gasteiger partial charge is 0.496 e. The molecule has 1 amide bonds. The summed E-state index contributed by atoms with van der Waals surface area (Å²) in [6.07, 6.45) is 4.53. The third kappa shape index (κ3) is 6.29. The van der Waals surface area contributed by atoms with Gasteiger partial charge in [0.15, 0.2) is 0 Å². The molecule has 3 heterocycles. The molecule has 1 saturated heterocycles. The van der Waals surface area contributed by atoms with Crippen LogP contribution in [-0.4, -0.2) is 59.4 Å². The summed E-state index contributed by atoms with van der Waals surface area (Å²) >= 11 is 0. The summed E-state index contributed by atoms with van der Waals surface area (Å²) in [5.74, 6) is -0.609. The zero-order chi connectivity index (χ0) is 30.0. The van der Waals surface area contributed by atoms with E-state index in [1.54, 1.807) is 34.6 Å². The number of halogens is 1. The lowest BCUT2D eigenvalue weighted by Crippen LogP contribution is -2.48. The van der Waals surface area contributed by atoms with Crippen molar-refractivity contribution in [3.05, 3.63) is 117 Å². The second-order valence-corrected chi connectivity index (χ2v) is 12.4. The molecule has 0 atom stereocenters. The molecule has 0 bridgehead atoms. The van der Waals surface area contributed by atoms with Gasteiger partial charge in [-0.15, -0.1) is 0 Å². The Morgan fingerprint density at radius 3 is 2.40 bits per heavy atom. The normalized spacial score (nSPS) is 14.0. The number of sulfonamides is 1. The third-order valence-corrected chi connectivity index (χ3v) is 8.73. The Kier molecular flexibility index (Phi) is 8.28. The highest BCUT2D eigenvalue weighted by Gasteiger charge is 2.38. The number of amides is 1. The predicted octanol–water partition coefficient (Wildman–Crippen LogP) is 2.89. The predicted molar refractivity (Wildman–Crippen MR) is 156 cm³/mol. The number of hydrogen-bond donors (Lipinski definition) is 1. The topological polar surface area (TPSA) is 116 Å². The van der Waals surface area contributed by atoms with E-state index in [1.165, 1.54) is 29.6 Å². The second kappa shape index (κ2) is 11.9. The Labute approximate surface area is 243 Å². The summed E-state index contributed by atoms with van der Waals surface area (Å²) in [7, 11) is -1.85. The van der Waals surface area contributed by atoms with E-state index in [1.807, 2.05) is 30.3 Å². The van der Waals surface area contributed by atoms with E-state index in [0.29, 0.717) is 41.2 Å². The Bertz CT molecular complexity index is 1780. The number of pyridine rings is 1. The van der Waals surface area contributed by atoms with Gasteiger partial charge in [-0.1, -0.05) is 30.3 Å². The van der Waals surface area contributed by atoms with Crippen LogP contribution in [0, 0.1) is 12.7 Å². The van der Waals surface area contributed by atoms with Gasteiger partial charge in [-0.3, -0.25) is 14.3 Å². The Hall–Kier alpha value is -4.29. The van der Waals surface area contributed by atoms with Gasteiger partial charge in [0.2, 0.25) is 10.0 Å². The van der Waals surface area contributed by atoms with Crippen LogP contribution in [-0.2, 0) is 29.7 Å². The molecule has 4 aromatic rings. The first kappa shape index (κ1) is 29.2. The van der Waals surface area contributed by atoms with Crippen LogP contribution in [0.5, 0.6) is 5.75 Å². The van der Waals surface area contributed by atoms with E-state index in [-0.39, 0.29) is 31.1 Å². The average Bonchev–Trinajstić information content (AvgIpc) is 3.32. The molecule has 0 radical (unpaired) electrons. The van der Waals surface area contributed by atoms with Gasteiger partial charge < -0.3 is 14.6 Å². The molecular formula is C30H32FN5O5S. The maximum Gasteiger partial charge on any atom is 0.255 e. The third-order valence-electron chi connectivity index (χ3n) is 7.50. The molecule has 2 aromatic carbocycles. The van der Waals surface area contributed by atoms with Crippen molar-refractivity contribution in [2.45, 2.75) is 32.5 Å². The summed E-state index contributed by atoms with van der Waals surface area (Å²) in [6.45, 7) is 2.95. The zero-order valence-electron chi connectivity index (χ0n) is 23.6. The minimum atomic E-state index is -3.35. The fourth-order valence-electron chi connectivity index (χ4n) is 5.01. The van der Waals surface area contributed by atoms with Crippen molar-refractivity contribution in [1.82, 2.24) is 24.0 Å². The van der Waals surface area contributed by atoms with E-state index in [4.69, 9.17) is 4.74 Å². The molecule has 10 nitrogen and oxygen atoms in total. The van der Waals surface area contributed by atoms with Crippen molar-refractivity contribution < 1.29 is 22.3 Å². The molecule has 220 valence electrons. The molecule has 42 heavy (non-hydrogen) atoms. The number of ether oxygens (including phenoxy) is 1. The van der Waals surface area contributed by atoms with Crippen molar-refractivity contribution in [3.8, 4) is 5.75 Å². The van der Waals surface area contributed by atoms with Crippen molar-refractivity contribution >= 4 is 15.9 Å². The Morgan fingerprint density at radius 1 is 1.07 bits per heavy atom. The van der Waals surface area contributed by atoms with Crippen LogP contribution in [0.15, 0.2) is 71.8 Å². The summed E-state index contributed by atoms with van der Waals surface area (Å²) in [5, 5.41) is 7.48. The van der Waals surface area contributed by atoms with E-state index in [0.717, 1.165) is 17.4 Å². The van der Waals surface area contributed by atoms with Gasteiger partial charge in [0.1, 0.15) is 11.6 Å². The smallest absolute Gasteiger partial charge is 0.255 e. The minimum absolute atomic E-state index is 0.0512. The number of methoxy groups -OCH3 is 1. The number of nitrogens with zero attached hydrogens (tertiary/aromatic N) is 4. The number of carbonyl (C=O) groups is 1. The van der Waals surface area contributed by atoms with Gasteiger partial charge in [0, 0.05) is 49.6 Å². The van der Waals surface area contributed by atoms with Gasteiger partial charge >= 0.3 is 0 Å². The quantitative estimate of drug-likeness (QED) is 0.303. The van der Waals surface area contributed by atoms with Crippen molar-refractivity contribution in [3.63, 3.8) is 0 Å². The average molecular weight is 594 g/mol. The number of rotatable bonds is 10. The fraction of sp³-hybridized carbons (Fsp3) is 0.300. The monoisotopic (exact) mass is 593 g/mol. The summed E-state index contributed by atoms with van der Waals surface area (Å²) in [4.78, 5) is 25.4. The van der Waals surface area contributed by atoms with Gasteiger partial charge in [-0.25, -0.2) is 17.1 Å². The molecule has 0 unspecified atom stereocenters. The highest BCUT2D eigenvalue weighted by molar-refractivity contribution is 7.88. The van der Waals surface area contributed by atoms with Gasteiger partial charge in [-0.2, -0.15) is 5.10 Å². The lowest BCUT2D eigenvalue weighted by Gasteiger charge is -2.36. The molecule has 0 saturated carbocycles. The highest BCUT2D eigenvalue weighted by atomic mass is 32.2. The number of nitrogens with one attached hydrogen (secondary N) is 1. The van der Waals surface area contributed by atoms with Crippen molar-refractivity contribution in [2.24, 2.45) is 0 Å². The first-order valence-corrected chi connectivity index (χ1v) is 15.2. The standard InChI is InChI=1S/C30H32FN5O5S/c1-20-24(26(31)11-12-27(20)41-2)14-32-30(38)25-19-35(33-29(25)23-17-36(18-23)42(3,39)40)16-22-9-7-21(8-10-22)15-34-13-5-4-6-28(34)37/h4-13,19,23H,14-18H2,1-3H3,(H,32,38). The van der Waals surface area contributed by atoms with Crippen LogP contribution in [0.4, 0.5) is 4.39 Å². The Balaban J connectivity index is 1.35. The molecule has 5 rings (SSSR count). The molecular weight excluding hydrogens is 561 g/mol. The van der Waals surface area contributed by atoms with Crippen LogP contribution in [0.3, 0.4) is 0 Å². The van der Waals surface area contributed by atoms with Crippen LogP contribution >= 0.6 is 0 Å². The molecule has 12 heteroatoms. The van der Waals surface area contributed by atoms with Crippen molar-refractivity contribution in [2.75, 3.05) is 26.5 Å². The molecule has 2 aromatic heterocycles. The first-order chi connectivity index (χ1) is 20.0. The van der Waals surface area contributed by atoms with E-state index in [2.05, 4.69) is 10.4 Å². The van der Waals surface area contributed by atoms with Crippen molar-refractivity contribution in [1.29, 1.82) is 0 Å². The summed E-state index contributed by atoms with van der Waals surface area (Å²) < 4.78 is 48.4. The maximum atomic E-state index is 14.6. The van der Waals surface area contributed by atoms with Gasteiger partial charge in [0.05, 0.1) is 37.7 Å². The van der Waals surface area contributed by atoms with Crippen LogP contribution in [0.25, 0.3) is 0 Å². The number of aromatic nitrogens is 3. The molecule has 1 aliphatic heterocycles. The molecule has 1 aliphatic rings. The van der Waals surface area contributed by atoms with E-state index in [9.17, 15) is 22.4 Å². The lowest BCUT2D eigenvalue weighted by atomic mass is 9.96. The molecule has 1 N–H and O–H groups in total. The summed E-state index contributed by atoms with van der Waals surface area (Å²) in [5.41, 5.74) is 3.54. The van der Waals surface area contributed by atoms with E-state index >= 15 is 0 Å². The molecule has 1 fully saturated rings. The zero-order valence-corrected chi connectivity index (χ0v) is 24.4. The first-order valence-electron chi connectivity index (χ1n) is 13.4. The second-order valence-electron chi connectivity index (χ2n) is 10.4. The van der Waals surface area contributed by atoms with Crippen LogP contribution in [0.2, 0.25) is 0 Å². The van der Waals surface area contributed by atoms with Gasteiger partial charge in [-0.05, 0) is 41.8 Å². The number of benzene rings is 2. The van der Waals surface area contributed by atoms with Gasteiger partial charge in [0.25, 0.3) is 11.5 Å². The number of carbonyl (C=O) groups excluding carboxylic acids is 1. The molecule has 0 spiro atoms. The minimum Gasteiger partial charge on any atom is -0.496 e. The van der Waals surface area contributed by atoms with Crippen LogP contribution in [0.1, 0.15) is 44.2 Å². The number of hydrogen-bond acceptors (Lipinski definition) is 6. The van der Waals surface area contributed by atoms with E-state index < -0.39 is 21.7 Å². The van der Waals surface area contributed by atoms with Crippen LogP contribution < -0.4 is 15.6 Å². The summed E-state index contributed by atoms with van der Waals surface area (Å²) in [6, 6.07) is 15.6. The lowest BCUT2D eigenvalue weighted by molar-refractivity contribution is 0.0948.